The number of Topliss-reactive ketones (excluding diaryl/α,β-unsaturated/α-hetero) is 1. The second-order valence-corrected chi connectivity index (χ2v) is 3.39. The molecule has 2 unspecified atom stereocenters. The molecule has 12 heavy (non-hydrogen) atoms. The Bertz CT molecular complexity index is 179. The van der Waals surface area contributed by atoms with Gasteiger partial charge in [0.25, 0.3) is 0 Å². The van der Waals surface area contributed by atoms with E-state index in [-0.39, 0.29) is 11.7 Å². The van der Waals surface area contributed by atoms with Crippen LogP contribution in [0.3, 0.4) is 0 Å². The SMILES string of the molecule is NC(C=O)C1CCCCCC1=O. The molecule has 0 heterocycles. The Morgan fingerprint density at radius 1 is 1.42 bits per heavy atom. The van der Waals surface area contributed by atoms with E-state index in [0.717, 1.165) is 25.7 Å². The van der Waals surface area contributed by atoms with Crippen LogP contribution in [-0.2, 0) is 9.59 Å². The molecule has 0 saturated heterocycles. The summed E-state index contributed by atoms with van der Waals surface area (Å²) in [6, 6.07) is -0.574. The molecular formula is C9H15NO2. The Labute approximate surface area is 72.3 Å². The number of nitrogens with two attached hydrogens (primary N) is 1. The number of carbonyl (C=O) groups excluding carboxylic acids is 2. The lowest BCUT2D eigenvalue weighted by Gasteiger charge is -2.14. The second-order valence-electron chi connectivity index (χ2n) is 3.39. The predicted octanol–water partition coefficient (Wildman–Crippen LogP) is 0.662. The highest BCUT2D eigenvalue weighted by molar-refractivity contribution is 5.85. The molecule has 1 rings (SSSR count). The van der Waals surface area contributed by atoms with E-state index >= 15 is 0 Å². The fraction of sp³-hybridized carbons (Fsp3) is 0.778. The zero-order valence-corrected chi connectivity index (χ0v) is 7.16. The molecule has 1 aliphatic carbocycles. The van der Waals surface area contributed by atoms with Gasteiger partial charge in [-0.15, -0.1) is 0 Å². The molecule has 2 atom stereocenters. The molecule has 0 bridgehead atoms. The van der Waals surface area contributed by atoms with Crippen molar-refractivity contribution >= 4 is 12.1 Å². The van der Waals surface area contributed by atoms with Gasteiger partial charge in [0.05, 0.1) is 6.04 Å². The molecule has 0 spiro atoms. The van der Waals surface area contributed by atoms with E-state index in [0.29, 0.717) is 12.7 Å². The molecule has 1 saturated carbocycles. The molecule has 0 aromatic heterocycles. The lowest BCUT2D eigenvalue weighted by atomic mass is 9.92. The number of carbonyl (C=O) groups is 2. The van der Waals surface area contributed by atoms with Gasteiger partial charge < -0.3 is 10.5 Å². The third kappa shape index (κ3) is 2.14. The van der Waals surface area contributed by atoms with Crippen LogP contribution >= 0.6 is 0 Å². The summed E-state index contributed by atoms with van der Waals surface area (Å²) in [5, 5.41) is 0. The van der Waals surface area contributed by atoms with Gasteiger partial charge in [0.2, 0.25) is 0 Å². The largest absolute Gasteiger partial charge is 0.321 e. The van der Waals surface area contributed by atoms with Gasteiger partial charge in [0.15, 0.2) is 0 Å². The Morgan fingerprint density at radius 3 is 2.83 bits per heavy atom. The third-order valence-corrected chi connectivity index (χ3v) is 2.47. The van der Waals surface area contributed by atoms with Crippen LogP contribution in [0.1, 0.15) is 32.1 Å². The van der Waals surface area contributed by atoms with E-state index in [1.165, 1.54) is 0 Å². The maximum atomic E-state index is 11.4. The molecule has 1 fully saturated rings. The van der Waals surface area contributed by atoms with Crippen molar-refractivity contribution in [3.8, 4) is 0 Å². The van der Waals surface area contributed by atoms with Gasteiger partial charge in [0, 0.05) is 12.3 Å². The highest BCUT2D eigenvalue weighted by Crippen LogP contribution is 2.21. The summed E-state index contributed by atoms with van der Waals surface area (Å²) in [7, 11) is 0. The number of hydrogen-bond donors (Lipinski definition) is 1. The predicted molar refractivity (Wildman–Crippen MR) is 45.6 cm³/mol. The van der Waals surface area contributed by atoms with Crippen LogP contribution in [-0.4, -0.2) is 18.1 Å². The maximum Gasteiger partial charge on any atom is 0.137 e. The zero-order chi connectivity index (χ0) is 8.97. The third-order valence-electron chi connectivity index (χ3n) is 2.47. The fourth-order valence-electron chi connectivity index (χ4n) is 1.69. The Hall–Kier alpha value is -0.700. The minimum atomic E-state index is -0.574. The lowest BCUT2D eigenvalue weighted by molar-refractivity contribution is -0.125. The summed E-state index contributed by atoms with van der Waals surface area (Å²) < 4.78 is 0. The zero-order valence-electron chi connectivity index (χ0n) is 7.16. The van der Waals surface area contributed by atoms with Crippen molar-refractivity contribution in [3.05, 3.63) is 0 Å². The van der Waals surface area contributed by atoms with Crippen molar-refractivity contribution in [2.24, 2.45) is 11.7 Å². The van der Waals surface area contributed by atoms with Crippen molar-refractivity contribution < 1.29 is 9.59 Å². The van der Waals surface area contributed by atoms with Crippen molar-refractivity contribution in [1.29, 1.82) is 0 Å². The molecule has 68 valence electrons. The lowest BCUT2D eigenvalue weighted by Crippen LogP contribution is -2.36. The molecule has 3 nitrogen and oxygen atoms in total. The average Bonchev–Trinajstić information content (AvgIpc) is 2.28. The Morgan fingerprint density at radius 2 is 2.17 bits per heavy atom. The number of aldehydes is 1. The first-order valence-corrected chi connectivity index (χ1v) is 4.49. The number of ketones is 1. The van der Waals surface area contributed by atoms with Gasteiger partial charge in [-0.2, -0.15) is 0 Å². The molecular weight excluding hydrogens is 154 g/mol. The summed E-state index contributed by atoms with van der Waals surface area (Å²) >= 11 is 0. The van der Waals surface area contributed by atoms with Gasteiger partial charge in [-0.25, -0.2) is 0 Å². The Balaban J connectivity index is 2.58. The summed E-state index contributed by atoms with van der Waals surface area (Å²) in [5.41, 5.74) is 5.52. The van der Waals surface area contributed by atoms with Crippen molar-refractivity contribution in [1.82, 2.24) is 0 Å². The first-order valence-electron chi connectivity index (χ1n) is 4.49. The summed E-state index contributed by atoms with van der Waals surface area (Å²) in [6.07, 6.45) is 5.16. The van der Waals surface area contributed by atoms with Crippen molar-refractivity contribution in [3.63, 3.8) is 0 Å². The number of rotatable bonds is 2. The van der Waals surface area contributed by atoms with Crippen LogP contribution in [0.15, 0.2) is 0 Å². The van der Waals surface area contributed by atoms with E-state index in [9.17, 15) is 9.59 Å². The molecule has 0 radical (unpaired) electrons. The van der Waals surface area contributed by atoms with Crippen LogP contribution < -0.4 is 5.73 Å². The van der Waals surface area contributed by atoms with Gasteiger partial charge in [-0.05, 0) is 12.8 Å². The van der Waals surface area contributed by atoms with Crippen molar-refractivity contribution in [2.75, 3.05) is 0 Å². The van der Waals surface area contributed by atoms with Gasteiger partial charge >= 0.3 is 0 Å². The quantitative estimate of drug-likeness (QED) is 0.488. The molecule has 0 aliphatic heterocycles. The van der Waals surface area contributed by atoms with Crippen LogP contribution in [0.4, 0.5) is 0 Å². The topological polar surface area (TPSA) is 60.2 Å². The summed E-state index contributed by atoms with van der Waals surface area (Å²) in [4.78, 5) is 21.8. The van der Waals surface area contributed by atoms with E-state index in [2.05, 4.69) is 0 Å². The van der Waals surface area contributed by atoms with Gasteiger partial charge in [0.1, 0.15) is 12.1 Å². The van der Waals surface area contributed by atoms with Crippen LogP contribution in [0, 0.1) is 5.92 Å². The van der Waals surface area contributed by atoms with E-state index in [4.69, 9.17) is 5.73 Å². The normalized spacial score (nSPS) is 27.8. The minimum absolute atomic E-state index is 0.173. The number of hydrogen-bond acceptors (Lipinski definition) is 3. The highest BCUT2D eigenvalue weighted by Gasteiger charge is 2.25. The van der Waals surface area contributed by atoms with Crippen LogP contribution in [0.25, 0.3) is 0 Å². The average molecular weight is 169 g/mol. The van der Waals surface area contributed by atoms with Crippen molar-refractivity contribution in [2.45, 2.75) is 38.1 Å². The van der Waals surface area contributed by atoms with Gasteiger partial charge in [-0.1, -0.05) is 12.8 Å². The molecule has 1 aliphatic rings. The molecule has 3 heteroatoms. The molecule has 0 aromatic rings. The molecule has 0 amide bonds. The maximum absolute atomic E-state index is 11.4. The Kier molecular flexibility index (Phi) is 3.41. The summed E-state index contributed by atoms with van der Waals surface area (Å²) in [6.45, 7) is 0. The molecule has 2 N–H and O–H groups in total. The van der Waals surface area contributed by atoms with Crippen LogP contribution in [0.5, 0.6) is 0 Å². The molecule has 0 aromatic carbocycles. The van der Waals surface area contributed by atoms with E-state index in [1.807, 2.05) is 0 Å². The highest BCUT2D eigenvalue weighted by atomic mass is 16.1. The standard InChI is InChI=1S/C9H15NO2/c10-8(6-11)7-4-2-1-3-5-9(7)12/h6-8H,1-5,10H2. The second kappa shape index (κ2) is 4.36. The fourth-order valence-corrected chi connectivity index (χ4v) is 1.69. The first-order chi connectivity index (χ1) is 5.75. The smallest absolute Gasteiger partial charge is 0.137 e. The first kappa shape index (κ1) is 9.39. The van der Waals surface area contributed by atoms with Gasteiger partial charge in [-0.3, -0.25) is 4.79 Å². The van der Waals surface area contributed by atoms with Crippen LogP contribution in [0.2, 0.25) is 0 Å². The summed E-state index contributed by atoms with van der Waals surface area (Å²) in [5.74, 6) is -0.0305. The van der Waals surface area contributed by atoms with E-state index < -0.39 is 6.04 Å². The minimum Gasteiger partial charge on any atom is -0.321 e. The van der Waals surface area contributed by atoms with E-state index in [1.54, 1.807) is 0 Å². The monoisotopic (exact) mass is 169 g/mol.